The van der Waals surface area contributed by atoms with Gasteiger partial charge in [0.05, 0.1) is 5.52 Å². The first kappa shape index (κ1) is 21.0. The lowest BCUT2D eigenvalue weighted by Gasteiger charge is -2.18. The number of hydrogen-bond acceptors (Lipinski definition) is 5. The van der Waals surface area contributed by atoms with Crippen molar-refractivity contribution in [1.29, 1.82) is 0 Å². The minimum atomic E-state index is -1.54. The lowest BCUT2D eigenvalue weighted by atomic mass is 9.99. The summed E-state index contributed by atoms with van der Waals surface area (Å²) < 4.78 is 14.9. The quantitative estimate of drug-likeness (QED) is 0.662. The Kier molecular flexibility index (Phi) is 5.55. The van der Waals surface area contributed by atoms with E-state index in [2.05, 4.69) is 4.98 Å². The van der Waals surface area contributed by atoms with E-state index in [0.717, 1.165) is 10.1 Å². The first-order chi connectivity index (χ1) is 14.1. The maximum absolute atomic E-state index is 13.8. The molecule has 30 heavy (non-hydrogen) atoms. The van der Waals surface area contributed by atoms with Crippen LogP contribution in [-0.4, -0.2) is 43.6 Å². The highest BCUT2D eigenvalue weighted by molar-refractivity contribution is 5.97. The topological polar surface area (TPSA) is 113 Å². The number of carbonyl (C=O) groups excluding carboxylic acids is 1. The Labute approximate surface area is 170 Å². The van der Waals surface area contributed by atoms with Crippen LogP contribution in [0.15, 0.2) is 35.3 Å². The third-order valence-electron chi connectivity index (χ3n) is 4.99. The Balaban J connectivity index is 2.07. The van der Waals surface area contributed by atoms with E-state index in [1.807, 2.05) is 0 Å². The molecule has 0 aliphatic rings. The molecule has 3 aromatic rings. The fourth-order valence-electron chi connectivity index (χ4n) is 3.22. The van der Waals surface area contributed by atoms with Crippen LogP contribution in [-0.2, 0) is 24.8 Å². The van der Waals surface area contributed by atoms with Crippen LogP contribution in [0.3, 0.4) is 0 Å². The van der Waals surface area contributed by atoms with Crippen LogP contribution in [0.1, 0.15) is 34.0 Å². The highest BCUT2D eigenvalue weighted by atomic mass is 19.1. The number of aromatic nitrogens is 2. The normalized spacial score (nSPS) is 10.9. The number of pyridine rings is 2. The van der Waals surface area contributed by atoms with E-state index in [1.165, 1.54) is 37.2 Å². The molecule has 2 N–H and O–H groups in total. The number of aromatic hydroxyl groups is 1. The van der Waals surface area contributed by atoms with Crippen LogP contribution in [0.4, 0.5) is 4.39 Å². The minimum absolute atomic E-state index is 0.00565. The Hall–Kier alpha value is -3.75. The van der Waals surface area contributed by atoms with E-state index in [0.29, 0.717) is 17.5 Å². The molecule has 0 aliphatic heterocycles. The molecular weight excluding hydrogens is 393 g/mol. The fraction of sp³-hybridized carbons (Fsp3) is 0.238. The monoisotopic (exact) mass is 413 g/mol. The van der Waals surface area contributed by atoms with E-state index >= 15 is 0 Å². The van der Waals surface area contributed by atoms with Crippen molar-refractivity contribution in [2.45, 2.75) is 19.9 Å². The molecule has 0 radical (unpaired) electrons. The van der Waals surface area contributed by atoms with Crippen LogP contribution in [0, 0.1) is 5.82 Å². The van der Waals surface area contributed by atoms with Crippen molar-refractivity contribution in [3.63, 3.8) is 0 Å². The predicted octanol–water partition coefficient (Wildman–Crippen LogP) is 2.05. The highest BCUT2D eigenvalue weighted by Crippen LogP contribution is 2.26. The van der Waals surface area contributed by atoms with E-state index < -0.39 is 28.7 Å². The molecule has 0 spiro atoms. The van der Waals surface area contributed by atoms with Crippen LogP contribution < -0.4 is 5.56 Å². The second-order valence-corrected chi connectivity index (χ2v) is 7.07. The van der Waals surface area contributed by atoms with Crippen molar-refractivity contribution in [3.8, 4) is 5.75 Å². The van der Waals surface area contributed by atoms with Crippen molar-refractivity contribution >= 4 is 22.9 Å². The van der Waals surface area contributed by atoms with Crippen molar-refractivity contribution in [1.82, 2.24) is 14.5 Å². The molecule has 0 unspecified atom stereocenters. The minimum Gasteiger partial charge on any atom is -0.505 e. The van der Waals surface area contributed by atoms with Gasteiger partial charge in [-0.25, -0.2) is 9.18 Å². The summed E-state index contributed by atoms with van der Waals surface area (Å²) in [5, 5.41) is 19.4. The number of hydrogen-bond donors (Lipinski definition) is 2. The smallest absolute Gasteiger partial charge is 0.345 e. The number of carboxylic acids is 1. The van der Waals surface area contributed by atoms with E-state index in [4.69, 9.17) is 0 Å². The van der Waals surface area contributed by atoms with Gasteiger partial charge in [-0.1, -0.05) is 6.07 Å². The Morgan fingerprint density at radius 1 is 1.23 bits per heavy atom. The van der Waals surface area contributed by atoms with E-state index in [-0.39, 0.29) is 23.5 Å². The Morgan fingerprint density at radius 2 is 1.93 bits per heavy atom. The number of carbonyl (C=O) groups is 2. The molecule has 0 atom stereocenters. The summed E-state index contributed by atoms with van der Waals surface area (Å²) in [7, 11) is 3.01. The number of carboxylic acid groups (broad SMARTS) is 1. The van der Waals surface area contributed by atoms with Gasteiger partial charge in [0.2, 0.25) is 5.91 Å². The maximum atomic E-state index is 13.8. The second kappa shape index (κ2) is 7.94. The van der Waals surface area contributed by atoms with Crippen LogP contribution in [0.25, 0.3) is 11.0 Å². The summed E-state index contributed by atoms with van der Waals surface area (Å²) in [6.45, 7) is 1.65. The number of aromatic carboxylic acids is 1. The molecule has 156 valence electrons. The van der Waals surface area contributed by atoms with Gasteiger partial charge >= 0.3 is 5.97 Å². The molecule has 8 nitrogen and oxygen atoms in total. The average Bonchev–Trinajstić information content (AvgIpc) is 2.68. The molecule has 0 bridgehead atoms. The van der Waals surface area contributed by atoms with Crippen molar-refractivity contribution in [2.75, 3.05) is 7.05 Å². The van der Waals surface area contributed by atoms with Gasteiger partial charge in [-0.2, -0.15) is 0 Å². The van der Waals surface area contributed by atoms with Gasteiger partial charge in [0.25, 0.3) is 5.56 Å². The summed E-state index contributed by atoms with van der Waals surface area (Å²) in [5.41, 5.74) is 0.736. The third kappa shape index (κ3) is 3.86. The highest BCUT2D eigenvalue weighted by Gasteiger charge is 2.21. The Bertz CT molecular complexity index is 1240. The number of aryl methyl sites for hydroxylation is 1. The summed E-state index contributed by atoms with van der Waals surface area (Å²) >= 11 is 0. The molecule has 9 heteroatoms. The van der Waals surface area contributed by atoms with Crippen LogP contribution in [0.5, 0.6) is 5.75 Å². The maximum Gasteiger partial charge on any atom is 0.345 e. The van der Waals surface area contributed by atoms with E-state index in [9.17, 15) is 29.0 Å². The van der Waals surface area contributed by atoms with Crippen LogP contribution >= 0.6 is 0 Å². The SMILES string of the molecule is CC(=O)N(C)Cc1cc(F)ccc1Cc1cnc2c(O)c(C(=O)O)c(=O)n(C)c2c1. The van der Waals surface area contributed by atoms with Crippen molar-refractivity contribution < 1.29 is 24.2 Å². The average molecular weight is 413 g/mol. The van der Waals surface area contributed by atoms with E-state index in [1.54, 1.807) is 19.2 Å². The fourth-order valence-corrected chi connectivity index (χ4v) is 3.22. The molecule has 2 heterocycles. The molecule has 0 saturated heterocycles. The first-order valence-corrected chi connectivity index (χ1v) is 9.03. The van der Waals surface area contributed by atoms with Gasteiger partial charge in [0.1, 0.15) is 11.3 Å². The molecule has 0 saturated carbocycles. The molecule has 1 aromatic carbocycles. The van der Waals surface area contributed by atoms with Crippen molar-refractivity contribution in [3.05, 3.63) is 68.9 Å². The molecule has 2 aromatic heterocycles. The van der Waals surface area contributed by atoms with Crippen molar-refractivity contribution in [2.24, 2.45) is 7.05 Å². The van der Waals surface area contributed by atoms with Gasteiger partial charge in [0, 0.05) is 33.8 Å². The number of rotatable bonds is 5. The second-order valence-electron chi connectivity index (χ2n) is 7.07. The van der Waals surface area contributed by atoms with Crippen LogP contribution in [0.2, 0.25) is 0 Å². The molecular formula is C21H20FN3O5. The predicted molar refractivity (Wildman–Crippen MR) is 107 cm³/mol. The lowest BCUT2D eigenvalue weighted by molar-refractivity contribution is -0.128. The van der Waals surface area contributed by atoms with Gasteiger partial charge in [-0.15, -0.1) is 0 Å². The van der Waals surface area contributed by atoms with Gasteiger partial charge < -0.3 is 19.7 Å². The molecule has 0 fully saturated rings. The summed E-state index contributed by atoms with van der Waals surface area (Å²) in [4.78, 5) is 40.8. The number of amides is 1. The molecule has 0 aliphatic carbocycles. The zero-order valence-corrected chi connectivity index (χ0v) is 16.6. The summed E-state index contributed by atoms with van der Waals surface area (Å²) in [6.07, 6.45) is 1.79. The lowest BCUT2D eigenvalue weighted by Crippen LogP contribution is -2.25. The first-order valence-electron chi connectivity index (χ1n) is 9.03. The number of halogens is 1. The number of fused-ring (bicyclic) bond motifs is 1. The Morgan fingerprint density at radius 3 is 2.57 bits per heavy atom. The standard InChI is InChI=1S/C21H20FN3O5/c1-11(26)24(2)10-14-8-15(22)5-4-13(14)6-12-7-16-18(23-9-12)19(27)17(21(29)30)20(28)25(16)3/h4-5,7-9,27H,6,10H2,1-3H3,(H,29,30). The number of nitrogens with zero attached hydrogens (tertiary/aromatic N) is 3. The van der Waals surface area contributed by atoms with Gasteiger partial charge in [-0.05, 0) is 41.3 Å². The zero-order chi connectivity index (χ0) is 22.2. The van der Waals surface area contributed by atoms with Gasteiger partial charge in [-0.3, -0.25) is 14.6 Å². The molecule has 1 amide bonds. The summed E-state index contributed by atoms with van der Waals surface area (Å²) in [5.74, 6) is -2.79. The largest absolute Gasteiger partial charge is 0.505 e. The zero-order valence-electron chi connectivity index (χ0n) is 16.6. The van der Waals surface area contributed by atoms with Gasteiger partial charge in [0.15, 0.2) is 11.3 Å². The summed E-state index contributed by atoms with van der Waals surface area (Å²) in [6, 6.07) is 5.93. The molecule has 3 rings (SSSR count). The third-order valence-corrected chi connectivity index (χ3v) is 4.99. The number of benzene rings is 1.